The number of rotatable bonds is 4. The Morgan fingerprint density at radius 1 is 1.43 bits per heavy atom. The monoisotopic (exact) mass is 353 g/mol. The van der Waals surface area contributed by atoms with Crippen LogP contribution in [-0.4, -0.2) is 50.1 Å². The molecule has 1 N–H and O–H groups in total. The summed E-state index contributed by atoms with van der Waals surface area (Å²) < 4.78 is 31.5. The second-order valence-electron chi connectivity index (χ2n) is 4.58. The molecule has 1 aliphatic heterocycles. The van der Waals surface area contributed by atoms with Crippen molar-refractivity contribution in [2.75, 3.05) is 20.2 Å². The number of halogens is 2. The van der Waals surface area contributed by atoms with Gasteiger partial charge in [-0.1, -0.05) is 23.2 Å². The molecule has 0 bridgehead atoms. The van der Waals surface area contributed by atoms with Crippen molar-refractivity contribution in [3.05, 3.63) is 27.7 Å². The molecule has 6 nitrogen and oxygen atoms in total. The summed E-state index contributed by atoms with van der Waals surface area (Å²) in [6.45, 7) is 0.482. The molecule has 0 radical (unpaired) electrons. The molecule has 0 amide bonds. The number of aromatic carboxylic acids is 1. The summed E-state index contributed by atoms with van der Waals surface area (Å²) in [5.74, 6) is -1.34. The average molecular weight is 354 g/mol. The fraction of sp³-hybridized carbons (Fsp3) is 0.417. The van der Waals surface area contributed by atoms with E-state index < -0.39 is 16.0 Å². The molecule has 9 heteroatoms. The molecule has 0 spiro atoms. The number of hydrogen-bond acceptors (Lipinski definition) is 4. The smallest absolute Gasteiger partial charge is 0.337 e. The van der Waals surface area contributed by atoms with Gasteiger partial charge in [0.2, 0.25) is 10.0 Å². The number of ether oxygens (including phenoxy) is 1. The molecule has 1 unspecified atom stereocenters. The van der Waals surface area contributed by atoms with Crippen molar-refractivity contribution < 1.29 is 23.1 Å². The number of hydrogen-bond donors (Lipinski definition) is 1. The van der Waals surface area contributed by atoms with Gasteiger partial charge in [-0.05, 0) is 18.6 Å². The van der Waals surface area contributed by atoms with Crippen molar-refractivity contribution in [1.82, 2.24) is 4.31 Å². The van der Waals surface area contributed by atoms with Gasteiger partial charge in [-0.25, -0.2) is 13.2 Å². The van der Waals surface area contributed by atoms with Gasteiger partial charge < -0.3 is 9.84 Å². The lowest BCUT2D eigenvalue weighted by atomic mass is 10.2. The van der Waals surface area contributed by atoms with Crippen molar-refractivity contribution in [3.63, 3.8) is 0 Å². The first-order valence-corrected chi connectivity index (χ1v) is 8.22. The Morgan fingerprint density at radius 2 is 2.10 bits per heavy atom. The number of benzene rings is 1. The molecule has 1 heterocycles. The van der Waals surface area contributed by atoms with Crippen molar-refractivity contribution >= 4 is 39.2 Å². The van der Waals surface area contributed by atoms with E-state index in [1.165, 1.54) is 11.4 Å². The first-order chi connectivity index (χ1) is 9.77. The second-order valence-corrected chi connectivity index (χ2v) is 7.30. The molecule has 21 heavy (non-hydrogen) atoms. The Bertz CT molecular complexity index is 676. The summed E-state index contributed by atoms with van der Waals surface area (Å²) in [5.41, 5.74) is -0.342. The van der Waals surface area contributed by atoms with E-state index in [-0.39, 0.29) is 39.7 Å². The molecule has 0 saturated carbocycles. The fourth-order valence-electron chi connectivity index (χ4n) is 2.16. The lowest BCUT2D eigenvalue weighted by Crippen LogP contribution is -2.30. The molecule has 0 aliphatic carbocycles. The van der Waals surface area contributed by atoms with Gasteiger partial charge in [-0.15, -0.1) is 0 Å². The topological polar surface area (TPSA) is 83.9 Å². The van der Waals surface area contributed by atoms with E-state index in [0.29, 0.717) is 6.42 Å². The Labute approximate surface area is 132 Å². The zero-order chi connectivity index (χ0) is 15.8. The molecule has 1 aliphatic rings. The van der Waals surface area contributed by atoms with Crippen molar-refractivity contribution in [1.29, 1.82) is 0 Å². The van der Waals surface area contributed by atoms with Crippen LogP contribution in [0.15, 0.2) is 17.0 Å². The normalized spacial score (nSPS) is 19.9. The quantitative estimate of drug-likeness (QED) is 0.895. The van der Waals surface area contributed by atoms with Crippen LogP contribution in [0.1, 0.15) is 16.8 Å². The van der Waals surface area contributed by atoms with Crippen molar-refractivity contribution in [2.45, 2.75) is 17.4 Å². The highest BCUT2D eigenvalue weighted by atomic mass is 35.5. The molecule has 1 aromatic rings. The SMILES string of the molecule is COC1CCN(S(=O)(=O)c2cc(Cl)cc(C(=O)O)c2Cl)C1. The third-order valence-electron chi connectivity index (χ3n) is 3.29. The Hall–Kier alpha value is -0.860. The summed E-state index contributed by atoms with van der Waals surface area (Å²) in [6.07, 6.45) is 0.386. The summed E-state index contributed by atoms with van der Waals surface area (Å²) in [6, 6.07) is 2.28. The van der Waals surface area contributed by atoms with Crippen LogP contribution in [0.3, 0.4) is 0 Å². The minimum Gasteiger partial charge on any atom is -0.478 e. The number of carboxylic acid groups (broad SMARTS) is 1. The average Bonchev–Trinajstić information content (AvgIpc) is 2.90. The van der Waals surface area contributed by atoms with Crippen LogP contribution in [0.4, 0.5) is 0 Å². The van der Waals surface area contributed by atoms with Crippen LogP contribution in [0.25, 0.3) is 0 Å². The molecule has 1 fully saturated rings. The van der Waals surface area contributed by atoms with Crippen LogP contribution < -0.4 is 0 Å². The summed E-state index contributed by atoms with van der Waals surface area (Å²) in [4.78, 5) is 10.8. The van der Waals surface area contributed by atoms with Gasteiger partial charge in [0.05, 0.1) is 16.7 Å². The molecular formula is C12H13Cl2NO5S. The highest BCUT2D eigenvalue weighted by Gasteiger charge is 2.35. The lowest BCUT2D eigenvalue weighted by Gasteiger charge is -2.18. The van der Waals surface area contributed by atoms with E-state index in [2.05, 4.69) is 0 Å². The number of sulfonamides is 1. The molecule has 116 valence electrons. The molecular weight excluding hydrogens is 341 g/mol. The minimum atomic E-state index is -3.92. The summed E-state index contributed by atoms with van der Waals surface area (Å²) in [5, 5.41) is 8.71. The van der Waals surface area contributed by atoms with Crippen LogP contribution in [0, 0.1) is 0 Å². The highest BCUT2D eigenvalue weighted by molar-refractivity contribution is 7.89. The minimum absolute atomic E-state index is 0.00198. The largest absolute Gasteiger partial charge is 0.478 e. The van der Waals surface area contributed by atoms with Gasteiger partial charge in [0.15, 0.2) is 0 Å². The molecule has 1 saturated heterocycles. The zero-order valence-corrected chi connectivity index (χ0v) is 13.4. The Balaban J connectivity index is 2.48. The third kappa shape index (κ3) is 3.17. The maximum atomic E-state index is 12.6. The highest BCUT2D eigenvalue weighted by Crippen LogP contribution is 2.33. The second kappa shape index (κ2) is 6.10. The Morgan fingerprint density at radius 3 is 2.62 bits per heavy atom. The van der Waals surface area contributed by atoms with Crippen LogP contribution in [0.5, 0.6) is 0 Å². The third-order valence-corrected chi connectivity index (χ3v) is 5.92. The predicted molar refractivity (Wildman–Crippen MR) is 77.6 cm³/mol. The van der Waals surface area contributed by atoms with Gasteiger partial charge in [-0.3, -0.25) is 0 Å². The molecule has 1 aromatic carbocycles. The van der Waals surface area contributed by atoms with E-state index in [4.69, 9.17) is 33.0 Å². The maximum absolute atomic E-state index is 12.6. The fourth-order valence-corrected chi connectivity index (χ4v) is 4.52. The zero-order valence-electron chi connectivity index (χ0n) is 11.0. The van der Waals surface area contributed by atoms with Crippen LogP contribution in [0.2, 0.25) is 10.0 Å². The molecule has 1 atom stereocenters. The van der Waals surface area contributed by atoms with Crippen molar-refractivity contribution in [3.8, 4) is 0 Å². The standard InChI is InChI=1S/C12H13Cl2NO5S/c1-20-8-2-3-15(6-8)21(18,19)10-5-7(13)4-9(11(10)14)12(16)17/h4-5,8H,2-3,6H2,1H3,(H,16,17). The number of nitrogens with zero attached hydrogens (tertiary/aromatic N) is 1. The van der Waals surface area contributed by atoms with Gasteiger partial charge >= 0.3 is 5.97 Å². The summed E-state index contributed by atoms with van der Waals surface area (Å²) in [7, 11) is -2.41. The van der Waals surface area contributed by atoms with E-state index in [1.807, 2.05) is 0 Å². The first-order valence-electron chi connectivity index (χ1n) is 6.02. The maximum Gasteiger partial charge on any atom is 0.337 e. The van der Waals surface area contributed by atoms with Gasteiger partial charge in [-0.2, -0.15) is 4.31 Å². The number of carboxylic acids is 1. The predicted octanol–water partition coefficient (Wildman–Crippen LogP) is 2.10. The van der Waals surface area contributed by atoms with E-state index in [1.54, 1.807) is 0 Å². The lowest BCUT2D eigenvalue weighted by molar-refractivity contribution is 0.0697. The van der Waals surface area contributed by atoms with Gasteiger partial charge in [0, 0.05) is 25.2 Å². The Kier molecular flexibility index (Phi) is 4.79. The van der Waals surface area contributed by atoms with E-state index in [9.17, 15) is 13.2 Å². The van der Waals surface area contributed by atoms with Crippen molar-refractivity contribution in [2.24, 2.45) is 0 Å². The van der Waals surface area contributed by atoms with Gasteiger partial charge in [0.1, 0.15) is 4.90 Å². The number of methoxy groups -OCH3 is 1. The summed E-state index contributed by atoms with van der Waals surface area (Å²) >= 11 is 11.7. The van der Waals surface area contributed by atoms with Crippen LogP contribution >= 0.6 is 23.2 Å². The number of carbonyl (C=O) groups is 1. The van der Waals surface area contributed by atoms with Crippen LogP contribution in [-0.2, 0) is 14.8 Å². The van der Waals surface area contributed by atoms with Gasteiger partial charge in [0.25, 0.3) is 0 Å². The van der Waals surface area contributed by atoms with E-state index in [0.717, 1.165) is 12.1 Å². The first kappa shape index (κ1) is 16.5. The van der Waals surface area contributed by atoms with E-state index >= 15 is 0 Å². The molecule has 2 rings (SSSR count). The molecule has 0 aromatic heterocycles.